The van der Waals surface area contributed by atoms with Gasteiger partial charge in [-0.25, -0.2) is 14.5 Å². The molecule has 198 valence electrons. The van der Waals surface area contributed by atoms with E-state index in [1.807, 2.05) is 29.2 Å². The van der Waals surface area contributed by atoms with Crippen LogP contribution in [-0.4, -0.2) is 82.9 Å². The summed E-state index contributed by atoms with van der Waals surface area (Å²) < 4.78 is 7.03. The number of nitrogens with zero attached hydrogens (tertiary/aromatic N) is 8. The second-order valence-electron chi connectivity index (χ2n) is 10.5. The molecule has 0 spiro atoms. The van der Waals surface area contributed by atoms with E-state index in [-0.39, 0.29) is 0 Å². The molecule has 2 unspecified atom stereocenters. The minimum Gasteiger partial charge on any atom is -0.481 e. The second-order valence-corrected chi connectivity index (χ2v) is 10.5. The first-order valence-corrected chi connectivity index (χ1v) is 13.5. The SMILES string of the molecule is COc1ccc(CN2C3CC2CN(c2ccc(-c4cc(N5CCNCC5)cn5ncc(C#N)c45)cn2)C3)cn1. The fourth-order valence-corrected chi connectivity index (χ4v) is 6.21. The fraction of sp³-hybridized carbons (Fsp3) is 0.379. The van der Waals surface area contributed by atoms with Crippen LogP contribution in [0.5, 0.6) is 5.88 Å². The van der Waals surface area contributed by atoms with Gasteiger partial charge in [-0.1, -0.05) is 6.07 Å². The highest BCUT2D eigenvalue weighted by atomic mass is 16.5. The van der Waals surface area contributed by atoms with Crippen molar-refractivity contribution in [2.45, 2.75) is 25.0 Å². The Hall–Kier alpha value is -4.20. The lowest BCUT2D eigenvalue weighted by molar-refractivity contribution is -0.00876. The van der Waals surface area contributed by atoms with Gasteiger partial charge in [-0.2, -0.15) is 10.4 Å². The molecule has 10 nitrogen and oxygen atoms in total. The molecular weight excluding hydrogens is 490 g/mol. The van der Waals surface area contributed by atoms with E-state index in [1.54, 1.807) is 13.3 Å². The standard InChI is InChI=1S/C29H31N9O/c1-39-28-5-2-20(13-33-28)16-37-24-10-25(37)18-36(17-24)27-4-3-21(14-32-27)26-11-23(35-8-6-31-7-9-35)19-38-29(26)22(12-30)15-34-38/h2-5,11,13-15,19,24-25,31H,6-10,16-18H2,1H3. The van der Waals surface area contributed by atoms with Crippen LogP contribution in [0.1, 0.15) is 17.5 Å². The Labute approximate surface area is 227 Å². The third kappa shape index (κ3) is 4.33. The van der Waals surface area contributed by atoms with E-state index in [0.29, 0.717) is 23.5 Å². The van der Waals surface area contributed by atoms with Gasteiger partial charge in [-0.3, -0.25) is 4.90 Å². The lowest BCUT2D eigenvalue weighted by Gasteiger charge is -2.56. The van der Waals surface area contributed by atoms with Crippen molar-refractivity contribution in [3.63, 3.8) is 0 Å². The van der Waals surface area contributed by atoms with Crippen LogP contribution in [0.25, 0.3) is 16.6 Å². The summed E-state index contributed by atoms with van der Waals surface area (Å²) in [5.74, 6) is 1.65. The number of aromatic nitrogens is 4. The number of pyridine rings is 3. The molecule has 4 aromatic heterocycles. The maximum absolute atomic E-state index is 9.74. The van der Waals surface area contributed by atoms with Gasteiger partial charge in [-0.05, 0) is 30.2 Å². The van der Waals surface area contributed by atoms with Gasteiger partial charge < -0.3 is 19.9 Å². The highest BCUT2D eigenvalue weighted by Crippen LogP contribution is 2.36. The maximum atomic E-state index is 9.74. The Morgan fingerprint density at radius 1 is 1.03 bits per heavy atom. The molecule has 39 heavy (non-hydrogen) atoms. The molecule has 2 bridgehead atoms. The molecule has 0 radical (unpaired) electrons. The predicted octanol–water partition coefficient (Wildman–Crippen LogP) is 2.54. The van der Waals surface area contributed by atoms with Crippen LogP contribution < -0.4 is 19.9 Å². The van der Waals surface area contributed by atoms with E-state index in [1.165, 1.54) is 12.0 Å². The Morgan fingerprint density at radius 2 is 1.87 bits per heavy atom. The van der Waals surface area contributed by atoms with E-state index in [2.05, 4.69) is 60.4 Å². The summed E-state index contributed by atoms with van der Waals surface area (Å²) in [5, 5.41) is 17.6. The van der Waals surface area contributed by atoms with E-state index >= 15 is 0 Å². The monoisotopic (exact) mass is 521 g/mol. The number of nitrogens with one attached hydrogen (secondary N) is 1. The normalized spacial score (nSPS) is 21.0. The summed E-state index contributed by atoms with van der Waals surface area (Å²) in [5.41, 5.74) is 5.71. The predicted molar refractivity (Wildman–Crippen MR) is 149 cm³/mol. The van der Waals surface area contributed by atoms with Crippen LogP contribution in [0.2, 0.25) is 0 Å². The first-order valence-electron chi connectivity index (χ1n) is 13.5. The number of fused-ring (bicyclic) bond motifs is 3. The van der Waals surface area contributed by atoms with E-state index in [0.717, 1.165) is 74.0 Å². The zero-order chi connectivity index (χ0) is 26.3. The average molecular weight is 522 g/mol. The Morgan fingerprint density at radius 3 is 2.56 bits per heavy atom. The van der Waals surface area contributed by atoms with Gasteiger partial charge in [0.15, 0.2) is 0 Å². The Bertz CT molecular complexity index is 1510. The molecule has 1 N–H and O–H groups in total. The van der Waals surface area contributed by atoms with Crippen molar-refractivity contribution in [1.29, 1.82) is 5.26 Å². The molecule has 4 saturated heterocycles. The number of hydrogen-bond donors (Lipinski definition) is 1. The van der Waals surface area contributed by atoms with E-state index < -0.39 is 0 Å². The quantitative estimate of drug-likeness (QED) is 0.410. The number of nitriles is 1. The Balaban J connectivity index is 1.10. The number of methoxy groups -OCH3 is 1. The van der Waals surface area contributed by atoms with Crippen molar-refractivity contribution in [3.8, 4) is 23.1 Å². The Kier molecular flexibility index (Phi) is 6.02. The van der Waals surface area contributed by atoms with Crippen molar-refractivity contribution >= 4 is 17.0 Å². The van der Waals surface area contributed by atoms with Gasteiger partial charge in [0, 0.05) is 87.5 Å². The van der Waals surface area contributed by atoms with Crippen molar-refractivity contribution < 1.29 is 4.74 Å². The molecule has 4 aromatic rings. The molecular formula is C29H31N9O. The van der Waals surface area contributed by atoms with Crippen LogP contribution in [0.15, 0.2) is 55.1 Å². The molecule has 0 aliphatic carbocycles. The van der Waals surface area contributed by atoms with Crippen molar-refractivity contribution in [3.05, 3.63) is 66.2 Å². The molecule has 0 saturated carbocycles. The van der Waals surface area contributed by atoms with Crippen molar-refractivity contribution in [2.24, 2.45) is 0 Å². The number of ether oxygens (including phenoxy) is 1. The zero-order valence-electron chi connectivity index (χ0n) is 22.0. The van der Waals surface area contributed by atoms with Crippen LogP contribution in [0.4, 0.5) is 11.5 Å². The highest BCUT2D eigenvalue weighted by Gasteiger charge is 2.44. The summed E-state index contributed by atoms with van der Waals surface area (Å²) in [4.78, 5) is 16.6. The molecule has 2 atom stereocenters. The molecule has 4 aliphatic rings. The van der Waals surface area contributed by atoms with Gasteiger partial charge in [0.25, 0.3) is 0 Å². The van der Waals surface area contributed by atoms with E-state index in [9.17, 15) is 5.26 Å². The van der Waals surface area contributed by atoms with Crippen LogP contribution in [-0.2, 0) is 6.54 Å². The third-order valence-electron chi connectivity index (χ3n) is 8.30. The van der Waals surface area contributed by atoms with Crippen LogP contribution in [0, 0.1) is 11.3 Å². The van der Waals surface area contributed by atoms with Gasteiger partial charge in [0.1, 0.15) is 11.9 Å². The smallest absolute Gasteiger partial charge is 0.212 e. The summed E-state index contributed by atoms with van der Waals surface area (Å²) in [6.07, 6.45) is 8.77. The largest absolute Gasteiger partial charge is 0.481 e. The average Bonchev–Trinajstić information content (AvgIpc) is 3.43. The first kappa shape index (κ1) is 23.9. The summed E-state index contributed by atoms with van der Waals surface area (Å²) in [6, 6.07) is 13.8. The number of rotatable bonds is 6. The van der Waals surface area contributed by atoms with Gasteiger partial charge in [0.05, 0.1) is 36.3 Å². The van der Waals surface area contributed by atoms with Gasteiger partial charge in [-0.15, -0.1) is 0 Å². The fourth-order valence-electron chi connectivity index (χ4n) is 6.21. The molecule has 0 aromatic carbocycles. The number of piperidine rings is 1. The lowest BCUT2D eigenvalue weighted by Crippen LogP contribution is -2.68. The molecule has 4 aliphatic heterocycles. The summed E-state index contributed by atoms with van der Waals surface area (Å²) >= 11 is 0. The number of anilines is 2. The van der Waals surface area contributed by atoms with Crippen LogP contribution in [0.3, 0.4) is 0 Å². The highest BCUT2D eigenvalue weighted by molar-refractivity contribution is 5.86. The molecule has 4 fully saturated rings. The first-order chi connectivity index (χ1) is 19.2. The topological polar surface area (TPSA) is 97.8 Å². The summed E-state index contributed by atoms with van der Waals surface area (Å²) in [6.45, 7) is 6.65. The second kappa shape index (κ2) is 9.84. The van der Waals surface area contributed by atoms with Crippen LogP contribution >= 0.6 is 0 Å². The van der Waals surface area contributed by atoms with Gasteiger partial charge >= 0.3 is 0 Å². The molecule has 0 amide bonds. The minimum atomic E-state index is 0.521. The third-order valence-corrected chi connectivity index (χ3v) is 8.30. The molecule has 8 rings (SSSR count). The van der Waals surface area contributed by atoms with Crippen molar-refractivity contribution in [2.75, 3.05) is 56.2 Å². The lowest BCUT2D eigenvalue weighted by atomic mass is 9.87. The van der Waals surface area contributed by atoms with Crippen molar-refractivity contribution in [1.82, 2.24) is 29.8 Å². The minimum absolute atomic E-state index is 0.521. The van der Waals surface area contributed by atoms with E-state index in [4.69, 9.17) is 9.72 Å². The van der Waals surface area contributed by atoms with Gasteiger partial charge in [0.2, 0.25) is 5.88 Å². The molecule has 8 heterocycles. The maximum Gasteiger partial charge on any atom is 0.212 e. The number of piperazine rings is 2. The summed E-state index contributed by atoms with van der Waals surface area (Å²) in [7, 11) is 1.64. The zero-order valence-corrected chi connectivity index (χ0v) is 22.0. The number of hydrogen-bond acceptors (Lipinski definition) is 9. The molecule has 10 heteroatoms.